The van der Waals surface area contributed by atoms with Crippen LogP contribution in [-0.2, 0) is 6.54 Å². The predicted octanol–water partition coefficient (Wildman–Crippen LogP) is 2.61. The van der Waals surface area contributed by atoms with Crippen LogP contribution < -0.4 is 10.3 Å². The smallest absolute Gasteiger partial charge is 0.269 e. The highest BCUT2D eigenvalue weighted by atomic mass is 19.1. The molecule has 0 bridgehead atoms. The third-order valence-corrected chi connectivity index (χ3v) is 3.16. The SMILES string of the molecule is O=c1cnc2ccccc2n1CCOc1ccccc1F. The van der Waals surface area contributed by atoms with Crippen LogP contribution in [0.2, 0.25) is 0 Å². The van der Waals surface area contributed by atoms with Crippen molar-refractivity contribution in [3.05, 3.63) is 70.9 Å². The third kappa shape index (κ3) is 2.76. The van der Waals surface area contributed by atoms with Gasteiger partial charge < -0.3 is 9.30 Å². The molecule has 0 amide bonds. The zero-order chi connectivity index (χ0) is 14.7. The van der Waals surface area contributed by atoms with Gasteiger partial charge >= 0.3 is 0 Å². The summed E-state index contributed by atoms with van der Waals surface area (Å²) in [6.45, 7) is 0.533. The van der Waals surface area contributed by atoms with Crippen LogP contribution in [0.25, 0.3) is 11.0 Å². The van der Waals surface area contributed by atoms with Crippen molar-refractivity contribution in [2.45, 2.75) is 6.54 Å². The minimum Gasteiger partial charge on any atom is -0.489 e. The Bertz CT molecular complexity index is 830. The average Bonchev–Trinajstić information content (AvgIpc) is 2.51. The van der Waals surface area contributed by atoms with E-state index < -0.39 is 5.82 Å². The molecule has 0 spiro atoms. The molecule has 4 nitrogen and oxygen atoms in total. The Labute approximate surface area is 120 Å². The molecule has 0 atom stereocenters. The largest absolute Gasteiger partial charge is 0.489 e. The van der Waals surface area contributed by atoms with E-state index in [0.29, 0.717) is 6.54 Å². The van der Waals surface area contributed by atoms with Crippen molar-refractivity contribution in [3.63, 3.8) is 0 Å². The summed E-state index contributed by atoms with van der Waals surface area (Å²) in [4.78, 5) is 16.0. The summed E-state index contributed by atoms with van der Waals surface area (Å²) in [6, 6.07) is 13.6. The van der Waals surface area contributed by atoms with Crippen LogP contribution in [-0.4, -0.2) is 16.2 Å². The summed E-state index contributed by atoms with van der Waals surface area (Å²) in [5.74, 6) is -0.228. The molecule has 2 aromatic carbocycles. The quantitative estimate of drug-likeness (QED) is 0.739. The highest BCUT2D eigenvalue weighted by molar-refractivity contribution is 5.74. The molecule has 5 heteroatoms. The first-order chi connectivity index (χ1) is 10.3. The van der Waals surface area contributed by atoms with Crippen molar-refractivity contribution in [1.29, 1.82) is 0 Å². The number of benzene rings is 2. The number of ether oxygens (including phenoxy) is 1. The van der Waals surface area contributed by atoms with Crippen molar-refractivity contribution in [1.82, 2.24) is 9.55 Å². The van der Waals surface area contributed by atoms with Crippen LogP contribution in [0.4, 0.5) is 4.39 Å². The van der Waals surface area contributed by atoms with Crippen LogP contribution in [0.3, 0.4) is 0 Å². The van der Waals surface area contributed by atoms with Crippen LogP contribution in [0.5, 0.6) is 5.75 Å². The summed E-state index contributed by atoms with van der Waals surface area (Å²) < 4.78 is 20.4. The number of rotatable bonds is 4. The van der Waals surface area contributed by atoms with E-state index in [-0.39, 0.29) is 17.9 Å². The number of aromatic nitrogens is 2. The van der Waals surface area contributed by atoms with Crippen molar-refractivity contribution in [2.75, 3.05) is 6.61 Å². The van der Waals surface area contributed by atoms with Crippen molar-refractivity contribution in [3.8, 4) is 5.75 Å². The maximum atomic E-state index is 13.4. The highest BCUT2D eigenvalue weighted by Crippen LogP contribution is 2.15. The molecule has 1 aromatic heterocycles. The fraction of sp³-hybridized carbons (Fsp3) is 0.125. The van der Waals surface area contributed by atoms with Gasteiger partial charge in [0, 0.05) is 0 Å². The number of nitrogens with zero attached hydrogens (tertiary/aromatic N) is 2. The molecule has 0 aliphatic heterocycles. The second-order valence-corrected chi connectivity index (χ2v) is 4.52. The van der Waals surface area contributed by atoms with Gasteiger partial charge in [-0.1, -0.05) is 24.3 Å². The van der Waals surface area contributed by atoms with E-state index in [1.807, 2.05) is 24.3 Å². The summed E-state index contributed by atoms with van der Waals surface area (Å²) in [5.41, 5.74) is 1.27. The standard InChI is InChI=1S/C16H13FN2O2/c17-12-5-1-4-8-15(12)21-10-9-19-14-7-3-2-6-13(14)18-11-16(19)20/h1-8,11H,9-10H2. The number of halogens is 1. The molecule has 0 saturated carbocycles. The molecule has 0 N–H and O–H groups in total. The van der Waals surface area contributed by atoms with Gasteiger partial charge in [0.05, 0.1) is 23.8 Å². The zero-order valence-electron chi connectivity index (χ0n) is 11.2. The van der Waals surface area contributed by atoms with Crippen LogP contribution in [0.1, 0.15) is 0 Å². The fourth-order valence-corrected chi connectivity index (χ4v) is 2.15. The van der Waals surface area contributed by atoms with Crippen LogP contribution in [0, 0.1) is 5.82 Å². The average molecular weight is 284 g/mol. The number of para-hydroxylation sites is 3. The van der Waals surface area contributed by atoms with Crippen molar-refractivity contribution in [2.24, 2.45) is 0 Å². The van der Waals surface area contributed by atoms with Crippen molar-refractivity contribution >= 4 is 11.0 Å². The second-order valence-electron chi connectivity index (χ2n) is 4.52. The molecule has 3 rings (SSSR count). The number of hydrogen-bond acceptors (Lipinski definition) is 3. The van der Waals surface area contributed by atoms with Gasteiger partial charge in [-0.3, -0.25) is 4.79 Å². The lowest BCUT2D eigenvalue weighted by molar-refractivity contribution is 0.284. The van der Waals surface area contributed by atoms with Gasteiger partial charge in [0.25, 0.3) is 5.56 Å². The first-order valence-corrected chi connectivity index (χ1v) is 6.57. The van der Waals surface area contributed by atoms with Crippen LogP contribution >= 0.6 is 0 Å². The lowest BCUT2D eigenvalue weighted by atomic mass is 10.3. The Balaban J connectivity index is 1.81. The maximum absolute atomic E-state index is 13.4. The Morgan fingerprint density at radius 2 is 1.86 bits per heavy atom. The molecule has 3 aromatic rings. The lowest BCUT2D eigenvalue weighted by Gasteiger charge is -2.11. The van der Waals surface area contributed by atoms with E-state index in [9.17, 15) is 9.18 Å². The fourth-order valence-electron chi connectivity index (χ4n) is 2.15. The Hall–Kier alpha value is -2.69. The Morgan fingerprint density at radius 1 is 1.10 bits per heavy atom. The van der Waals surface area contributed by atoms with E-state index in [0.717, 1.165) is 11.0 Å². The molecule has 0 fully saturated rings. The Morgan fingerprint density at radius 3 is 2.71 bits per heavy atom. The molecular formula is C16H13FN2O2. The van der Waals surface area contributed by atoms with Gasteiger partial charge in [-0.15, -0.1) is 0 Å². The molecule has 0 aliphatic rings. The molecule has 0 unspecified atom stereocenters. The van der Waals surface area contributed by atoms with Gasteiger partial charge in [0.15, 0.2) is 11.6 Å². The zero-order valence-corrected chi connectivity index (χ0v) is 11.2. The van der Waals surface area contributed by atoms with Gasteiger partial charge in [-0.2, -0.15) is 0 Å². The third-order valence-electron chi connectivity index (χ3n) is 3.16. The van der Waals surface area contributed by atoms with E-state index in [2.05, 4.69) is 4.98 Å². The van der Waals surface area contributed by atoms with E-state index in [4.69, 9.17) is 4.74 Å². The summed E-state index contributed by atoms with van der Waals surface area (Å²) in [7, 11) is 0. The maximum Gasteiger partial charge on any atom is 0.269 e. The highest BCUT2D eigenvalue weighted by Gasteiger charge is 2.05. The normalized spacial score (nSPS) is 10.7. The molecule has 0 aliphatic carbocycles. The first kappa shape index (κ1) is 13.3. The van der Waals surface area contributed by atoms with Gasteiger partial charge in [-0.05, 0) is 24.3 Å². The predicted molar refractivity (Wildman–Crippen MR) is 77.9 cm³/mol. The summed E-state index contributed by atoms with van der Waals surface area (Å²) in [5, 5.41) is 0. The lowest BCUT2D eigenvalue weighted by Crippen LogP contribution is -2.23. The minimum atomic E-state index is -0.413. The topological polar surface area (TPSA) is 44.1 Å². The Kier molecular flexibility index (Phi) is 3.64. The van der Waals surface area contributed by atoms with E-state index in [1.165, 1.54) is 12.3 Å². The molecule has 21 heavy (non-hydrogen) atoms. The second kappa shape index (κ2) is 5.75. The summed E-state index contributed by atoms with van der Waals surface area (Å²) >= 11 is 0. The monoisotopic (exact) mass is 284 g/mol. The van der Waals surface area contributed by atoms with Crippen molar-refractivity contribution < 1.29 is 9.13 Å². The molecular weight excluding hydrogens is 271 g/mol. The first-order valence-electron chi connectivity index (χ1n) is 6.57. The van der Waals surface area contributed by atoms with Gasteiger partial charge in [0.1, 0.15) is 6.61 Å². The summed E-state index contributed by atoms with van der Waals surface area (Å²) in [6.07, 6.45) is 1.28. The van der Waals surface area contributed by atoms with Gasteiger partial charge in [0.2, 0.25) is 0 Å². The van der Waals surface area contributed by atoms with E-state index >= 15 is 0 Å². The van der Waals surface area contributed by atoms with Gasteiger partial charge in [-0.25, -0.2) is 9.37 Å². The number of fused-ring (bicyclic) bond motifs is 1. The molecule has 106 valence electrons. The van der Waals surface area contributed by atoms with Crippen LogP contribution in [0.15, 0.2) is 59.5 Å². The molecule has 0 radical (unpaired) electrons. The molecule has 0 saturated heterocycles. The number of hydrogen-bond donors (Lipinski definition) is 0. The van der Waals surface area contributed by atoms with E-state index in [1.54, 1.807) is 22.8 Å². The molecule has 1 heterocycles. The minimum absolute atomic E-state index is 0.184.